The van der Waals surface area contributed by atoms with E-state index in [0.717, 1.165) is 5.92 Å². The molecular weight excluding hydrogens is 184 g/mol. The van der Waals surface area contributed by atoms with Crippen LogP contribution < -0.4 is 5.32 Å². The van der Waals surface area contributed by atoms with Gasteiger partial charge in [-0.25, -0.2) is 0 Å². The molecule has 0 amide bonds. The van der Waals surface area contributed by atoms with E-state index in [9.17, 15) is 0 Å². The van der Waals surface area contributed by atoms with Gasteiger partial charge in [0.05, 0.1) is 0 Å². The summed E-state index contributed by atoms with van der Waals surface area (Å²) in [6, 6.07) is 0.709. The van der Waals surface area contributed by atoms with E-state index in [4.69, 9.17) is 0 Å². The van der Waals surface area contributed by atoms with E-state index in [0.29, 0.717) is 11.5 Å². The molecule has 1 unspecified atom stereocenters. The Bertz CT molecular complexity index is 175. The van der Waals surface area contributed by atoms with Crippen LogP contribution in [0.1, 0.15) is 40.0 Å². The van der Waals surface area contributed by atoms with Crippen LogP contribution in [0.4, 0.5) is 0 Å². The highest BCUT2D eigenvalue weighted by Gasteiger charge is 2.29. The second kappa shape index (κ2) is 5.31. The van der Waals surface area contributed by atoms with Crippen molar-refractivity contribution in [1.82, 2.24) is 10.2 Å². The SMILES string of the molecule is CN(C)C(CC1CCNCC1)C(C)(C)C. The zero-order chi connectivity index (χ0) is 11.5. The molecule has 2 heteroatoms. The lowest BCUT2D eigenvalue weighted by Crippen LogP contribution is -2.42. The number of hydrogen-bond donors (Lipinski definition) is 1. The molecule has 0 aromatic heterocycles. The normalized spacial score (nSPS) is 22.0. The van der Waals surface area contributed by atoms with Crippen LogP contribution in [0.3, 0.4) is 0 Å². The Morgan fingerprint density at radius 2 is 1.73 bits per heavy atom. The van der Waals surface area contributed by atoms with Gasteiger partial charge in [0.25, 0.3) is 0 Å². The third-order valence-corrected chi connectivity index (χ3v) is 3.64. The van der Waals surface area contributed by atoms with Crippen LogP contribution in [-0.2, 0) is 0 Å². The summed E-state index contributed by atoms with van der Waals surface area (Å²) in [6.07, 6.45) is 4.08. The number of hydrogen-bond acceptors (Lipinski definition) is 2. The molecule has 15 heavy (non-hydrogen) atoms. The summed E-state index contributed by atoms with van der Waals surface area (Å²) in [5.41, 5.74) is 0.397. The first-order valence-electron chi connectivity index (χ1n) is 6.28. The molecular formula is C13H28N2. The van der Waals surface area contributed by atoms with Gasteiger partial charge in [-0.2, -0.15) is 0 Å². The minimum Gasteiger partial charge on any atom is -0.317 e. The van der Waals surface area contributed by atoms with Crippen molar-refractivity contribution in [2.24, 2.45) is 11.3 Å². The van der Waals surface area contributed by atoms with Crippen molar-refractivity contribution in [3.05, 3.63) is 0 Å². The Morgan fingerprint density at radius 1 is 1.20 bits per heavy atom. The van der Waals surface area contributed by atoms with E-state index in [2.05, 4.69) is 45.1 Å². The summed E-state index contributed by atoms with van der Waals surface area (Å²) in [4.78, 5) is 2.40. The molecule has 1 saturated heterocycles. The lowest BCUT2D eigenvalue weighted by Gasteiger charge is -2.39. The third kappa shape index (κ3) is 4.12. The Hall–Kier alpha value is -0.0800. The van der Waals surface area contributed by atoms with Crippen LogP contribution in [0.15, 0.2) is 0 Å². The predicted octanol–water partition coefficient (Wildman–Crippen LogP) is 2.35. The minimum absolute atomic E-state index is 0.397. The van der Waals surface area contributed by atoms with E-state index >= 15 is 0 Å². The average Bonchev–Trinajstić information content (AvgIpc) is 2.13. The van der Waals surface area contributed by atoms with Crippen LogP contribution in [0.25, 0.3) is 0 Å². The quantitative estimate of drug-likeness (QED) is 0.772. The van der Waals surface area contributed by atoms with Crippen molar-refractivity contribution in [3.8, 4) is 0 Å². The maximum atomic E-state index is 3.44. The maximum Gasteiger partial charge on any atom is 0.0140 e. The molecule has 2 nitrogen and oxygen atoms in total. The number of rotatable bonds is 3. The lowest BCUT2D eigenvalue weighted by atomic mass is 9.78. The van der Waals surface area contributed by atoms with Crippen LogP contribution in [0.2, 0.25) is 0 Å². The zero-order valence-corrected chi connectivity index (χ0v) is 11.1. The van der Waals surface area contributed by atoms with E-state index in [1.807, 2.05) is 0 Å². The molecule has 1 aliphatic heterocycles. The van der Waals surface area contributed by atoms with E-state index < -0.39 is 0 Å². The predicted molar refractivity (Wildman–Crippen MR) is 67.1 cm³/mol. The first-order chi connectivity index (χ1) is 6.91. The van der Waals surface area contributed by atoms with Gasteiger partial charge in [0, 0.05) is 6.04 Å². The highest BCUT2D eigenvalue weighted by molar-refractivity contribution is 4.84. The molecule has 0 aromatic carbocycles. The zero-order valence-electron chi connectivity index (χ0n) is 11.1. The fourth-order valence-electron chi connectivity index (χ4n) is 2.77. The van der Waals surface area contributed by atoms with Gasteiger partial charge in [-0.05, 0) is 57.8 Å². The minimum atomic E-state index is 0.397. The average molecular weight is 212 g/mol. The van der Waals surface area contributed by atoms with Gasteiger partial charge >= 0.3 is 0 Å². The topological polar surface area (TPSA) is 15.3 Å². The number of nitrogens with zero attached hydrogens (tertiary/aromatic N) is 1. The second-order valence-electron chi connectivity index (χ2n) is 6.27. The largest absolute Gasteiger partial charge is 0.317 e. The molecule has 1 fully saturated rings. The maximum absolute atomic E-state index is 3.44. The van der Waals surface area contributed by atoms with E-state index in [-0.39, 0.29) is 0 Å². The van der Waals surface area contributed by atoms with Crippen LogP contribution in [0, 0.1) is 11.3 Å². The number of nitrogens with one attached hydrogen (secondary N) is 1. The molecule has 1 heterocycles. The Labute approximate surface area is 95.4 Å². The molecule has 0 spiro atoms. The van der Waals surface area contributed by atoms with Crippen molar-refractivity contribution in [2.45, 2.75) is 46.1 Å². The van der Waals surface area contributed by atoms with Crippen molar-refractivity contribution in [3.63, 3.8) is 0 Å². The van der Waals surface area contributed by atoms with Gasteiger partial charge in [-0.1, -0.05) is 20.8 Å². The molecule has 90 valence electrons. The van der Waals surface area contributed by atoms with Crippen LogP contribution in [0.5, 0.6) is 0 Å². The van der Waals surface area contributed by atoms with Gasteiger partial charge in [-0.15, -0.1) is 0 Å². The van der Waals surface area contributed by atoms with E-state index in [1.54, 1.807) is 0 Å². The van der Waals surface area contributed by atoms with E-state index in [1.165, 1.54) is 32.4 Å². The monoisotopic (exact) mass is 212 g/mol. The third-order valence-electron chi connectivity index (χ3n) is 3.64. The molecule has 0 bridgehead atoms. The van der Waals surface area contributed by atoms with Gasteiger partial charge in [-0.3, -0.25) is 0 Å². The van der Waals surface area contributed by atoms with Crippen molar-refractivity contribution in [1.29, 1.82) is 0 Å². The first kappa shape index (κ1) is 13.0. The fraction of sp³-hybridized carbons (Fsp3) is 1.00. The molecule has 0 saturated carbocycles. The molecule has 1 atom stereocenters. The lowest BCUT2D eigenvalue weighted by molar-refractivity contribution is 0.115. The first-order valence-corrected chi connectivity index (χ1v) is 6.28. The Balaban J connectivity index is 2.50. The second-order valence-corrected chi connectivity index (χ2v) is 6.27. The van der Waals surface area contributed by atoms with Crippen LogP contribution in [-0.4, -0.2) is 38.1 Å². The molecule has 0 aliphatic carbocycles. The van der Waals surface area contributed by atoms with Crippen molar-refractivity contribution < 1.29 is 0 Å². The summed E-state index contributed by atoms with van der Waals surface area (Å²) in [5.74, 6) is 0.929. The van der Waals surface area contributed by atoms with Gasteiger partial charge < -0.3 is 10.2 Å². The van der Waals surface area contributed by atoms with Gasteiger partial charge in [0.1, 0.15) is 0 Å². The summed E-state index contributed by atoms with van der Waals surface area (Å²) in [7, 11) is 4.44. The summed E-state index contributed by atoms with van der Waals surface area (Å²) in [6.45, 7) is 9.51. The Morgan fingerprint density at radius 3 is 2.13 bits per heavy atom. The van der Waals surface area contributed by atoms with Crippen molar-refractivity contribution in [2.75, 3.05) is 27.2 Å². The van der Waals surface area contributed by atoms with Crippen molar-refractivity contribution >= 4 is 0 Å². The number of piperidine rings is 1. The highest BCUT2D eigenvalue weighted by Crippen LogP contribution is 2.30. The molecule has 0 aromatic rings. The molecule has 1 rings (SSSR count). The highest BCUT2D eigenvalue weighted by atomic mass is 15.1. The Kier molecular flexibility index (Phi) is 4.60. The van der Waals surface area contributed by atoms with Crippen LogP contribution >= 0.6 is 0 Å². The fourth-order valence-corrected chi connectivity index (χ4v) is 2.77. The molecule has 1 aliphatic rings. The summed E-state index contributed by atoms with van der Waals surface area (Å²) < 4.78 is 0. The standard InChI is InChI=1S/C13H28N2/c1-13(2,3)12(15(4)5)10-11-6-8-14-9-7-11/h11-12,14H,6-10H2,1-5H3. The van der Waals surface area contributed by atoms with Gasteiger partial charge in [0.15, 0.2) is 0 Å². The summed E-state index contributed by atoms with van der Waals surface area (Å²) >= 11 is 0. The molecule has 0 radical (unpaired) electrons. The molecule has 1 N–H and O–H groups in total. The smallest absolute Gasteiger partial charge is 0.0140 e. The van der Waals surface area contributed by atoms with Gasteiger partial charge in [0.2, 0.25) is 0 Å². The summed E-state index contributed by atoms with van der Waals surface area (Å²) in [5, 5.41) is 3.44.